The summed E-state index contributed by atoms with van der Waals surface area (Å²) in [5.74, 6) is -0.998. The van der Waals surface area contributed by atoms with Gasteiger partial charge < -0.3 is 14.6 Å². The van der Waals surface area contributed by atoms with Crippen LogP contribution in [0.2, 0.25) is 0 Å². The van der Waals surface area contributed by atoms with E-state index < -0.39 is 33.8 Å². The number of sulfonamides is 1. The molecule has 1 unspecified atom stereocenters. The summed E-state index contributed by atoms with van der Waals surface area (Å²) in [7, 11) is -3.94. The molecule has 3 amide bonds. The molecule has 0 radical (unpaired) electrons. The zero-order valence-corrected chi connectivity index (χ0v) is 21.6. The van der Waals surface area contributed by atoms with Crippen LogP contribution in [0.3, 0.4) is 0 Å². The molecule has 1 saturated heterocycles. The van der Waals surface area contributed by atoms with Gasteiger partial charge in [-0.15, -0.1) is 0 Å². The van der Waals surface area contributed by atoms with Gasteiger partial charge in [-0.25, -0.2) is 18.5 Å². The number of aromatic nitrogens is 1. The van der Waals surface area contributed by atoms with Crippen molar-refractivity contribution in [1.29, 1.82) is 0 Å². The lowest BCUT2D eigenvalue weighted by atomic mass is 10.1. The molecule has 1 aliphatic rings. The summed E-state index contributed by atoms with van der Waals surface area (Å²) < 4.78 is 28.9. The Bertz CT molecular complexity index is 1630. The number of para-hydroxylation sites is 2. The smallest absolute Gasteiger partial charge is 0.261 e. The fraction of sp³-hybridized carbons (Fsp3) is 0.179. The van der Waals surface area contributed by atoms with Crippen LogP contribution in [0.15, 0.2) is 90.0 Å². The normalized spacial score (nSPS) is 15.6. The van der Waals surface area contributed by atoms with Crippen LogP contribution in [0.5, 0.6) is 5.75 Å². The number of aromatic amines is 1. The molecule has 3 N–H and O–H groups in total. The lowest BCUT2D eigenvalue weighted by Gasteiger charge is -2.27. The summed E-state index contributed by atoms with van der Waals surface area (Å²) in [5.41, 5.74) is 2.13. The molecule has 1 fully saturated rings. The molecule has 2 heterocycles. The fourth-order valence-electron chi connectivity index (χ4n) is 4.69. The van der Waals surface area contributed by atoms with E-state index >= 15 is 0 Å². The molecule has 1 aliphatic heterocycles. The van der Waals surface area contributed by atoms with Gasteiger partial charge in [-0.1, -0.05) is 36.4 Å². The minimum atomic E-state index is -3.94. The van der Waals surface area contributed by atoms with Crippen LogP contribution < -0.4 is 14.8 Å². The van der Waals surface area contributed by atoms with E-state index in [0.29, 0.717) is 12.2 Å². The Hall–Kier alpha value is -4.48. The molecule has 0 saturated carbocycles. The fourth-order valence-corrected chi connectivity index (χ4v) is 5.21. The van der Waals surface area contributed by atoms with E-state index in [4.69, 9.17) is 9.88 Å². The first-order valence-electron chi connectivity index (χ1n) is 12.2. The number of hydrogen-bond acceptors (Lipinski definition) is 6. The Kier molecular flexibility index (Phi) is 7.18. The zero-order chi connectivity index (χ0) is 27.6. The molecule has 5 rings (SSSR count). The number of imide groups is 1. The van der Waals surface area contributed by atoms with E-state index in [-0.39, 0.29) is 30.2 Å². The maximum Gasteiger partial charge on any atom is 0.261 e. The number of nitrogens with one attached hydrogen (secondary N) is 1. The van der Waals surface area contributed by atoms with E-state index in [1.54, 1.807) is 24.3 Å². The van der Waals surface area contributed by atoms with Crippen LogP contribution >= 0.6 is 0 Å². The number of ether oxygens (including phenoxy) is 1. The number of nitrogens with two attached hydrogens (primary N) is 1. The first-order valence-corrected chi connectivity index (χ1v) is 13.8. The van der Waals surface area contributed by atoms with Gasteiger partial charge in [0, 0.05) is 23.6 Å². The standard InChI is InChI=1S/C28H26N4O6S/c29-39(36,37)22-12-10-20(11-13-22)32-26(33)16-25(28(32)35)31(27(34)18-38-21-6-2-1-3-7-21)15-14-19-17-30-24-9-5-4-8-23(19)24/h1-13,17,25,30H,14-16,18H2,(H2,29,36,37). The third-order valence-corrected chi connectivity index (χ3v) is 7.57. The second-order valence-electron chi connectivity index (χ2n) is 9.12. The Labute approximate surface area is 225 Å². The lowest BCUT2D eigenvalue weighted by molar-refractivity contribution is -0.140. The summed E-state index contributed by atoms with van der Waals surface area (Å²) >= 11 is 0. The molecule has 11 heteroatoms. The van der Waals surface area contributed by atoms with Gasteiger partial charge in [0.05, 0.1) is 17.0 Å². The maximum absolute atomic E-state index is 13.5. The molecule has 1 atom stereocenters. The summed E-state index contributed by atoms with van der Waals surface area (Å²) in [6.45, 7) is -0.125. The van der Waals surface area contributed by atoms with Crippen LogP contribution in [0.25, 0.3) is 10.9 Å². The number of carbonyl (C=O) groups excluding carboxylic acids is 3. The molecular weight excluding hydrogens is 520 g/mol. The highest BCUT2D eigenvalue weighted by Gasteiger charge is 2.44. The number of nitrogens with zero attached hydrogens (tertiary/aromatic N) is 2. The third kappa shape index (κ3) is 5.54. The van der Waals surface area contributed by atoms with E-state index in [1.807, 2.05) is 36.5 Å². The summed E-state index contributed by atoms with van der Waals surface area (Å²) in [4.78, 5) is 45.3. The van der Waals surface area contributed by atoms with E-state index in [2.05, 4.69) is 4.98 Å². The zero-order valence-electron chi connectivity index (χ0n) is 20.8. The van der Waals surface area contributed by atoms with Gasteiger partial charge in [-0.3, -0.25) is 14.4 Å². The van der Waals surface area contributed by atoms with Crippen molar-refractivity contribution in [2.45, 2.75) is 23.8 Å². The SMILES string of the molecule is NS(=O)(=O)c1ccc(N2C(=O)CC(N(CCc3c[nH]c4ccccc34)C(=O)COc3ccccc3)C2=O)cc1. The molecule has 0 aliphatic carbocycles. The third-order valence-electron chi connectivity index (χ3n) is 6.65. The number of hydrogen-bond donors (Lipinski definition) is 2. The largest absolute Gasteiger partial charge is 0.484 e. The average molecular weight is 547 g/mol. The Morgan fingerprint density at radius 2 is 1.69 bits per heavy atom. The average Bonchev–Trinajstić information content (AvgIpc) is 3.47. The van der Waals surface area contributed by atoms with E-state index in [1.165, 1.54) is 29.2 Å². The van der Waals surface area contributed by atoms with Gasteiger partial charge in [0.1, 0.15) is 11.8 Å². The predicted octanol–water partition coefficient (Wildman–Crippen LogP) is 2.60. The Morgan fingerprint density at radius 1 is 1.00 bits per heavy atom. The van der Waals surface area contributed by atoms with Crippen LogP contribution in [-0.2, 0) is 30.8 Å². The number of carbonyl (C=O) groups is 3. The summed E-state index contributed by atoms with van der Waals surface area (Å²) in [6.07, 6.45) is 2.11. The Morgan fingerprint density at radius 3 is 2.41 bits per heavy atom. The first-order chi connectivity index (χ1) is 18.7. The molecule has 4 aromatic rings. The number of H-pyrrole nitrogens is 1. The topological polar surface area (TPSA) is 143 Å². The van der Waals surface area contributed by atoms with Crippen molar-refractivity contribution in [3.05, 3.63) is 90.6 Å². The molecular formula is C28H26N4O6S. The van der Waals surface area contributed by atoms with Crippen LogP contribution in [0.1, 0.15) is 12.0 Å². The van der Waals surface area contributed by atoms with Crippen LogP contribution in [-0.4, -0.2) is 55.2 Å². The van der Waals surface area contributed by atoms with Gasteiger partial charge >= 0.3 is 0 Å². The highest BCUT2D eigenvalue weighted by molar-refractivity contribution is 7.89. The first kappa shape index (κ1) is 26.1. The minimum absolute atomic E-state index is 0.143. The van der Waals surface area contributed by atoms with Crippen LogP contribution in [0.4, 0.5) is 5.69 Å². The lowest BCUT2D eigenvalue weighted by Crippen LogP contribution is -2.48. The van der Waals surface area contributed by atoms with Crippen molar-refractivity contribution in [2.24, 2.45) is 5.14 Å². The number of anilines is 1. The molecule has 3 aromatic carbocycles. The van der Waals surface area contributed by atoms with Crippen LogP contribution in [0, 0.1) is 0 Å². The molecule has 0 spiro atoms. The van der Waals surface area contributed by atoms with Crippen molar-refractivity contribution >= 4 is 44.3 Å². The highest BCUT2D eigenvalue weighted by Crippen LogP contribution is 2.28. The van der Waals surface area contributed by atoms with Gasteiger partial charge in [0.25, 0.3) is 11.8 Å². The van der Waals surface area contributed by atoms with E-state index in [9.17, 15) is 22.8 Å². The van der Waals surface area contributed by atoms with Crippen molar-refractivity contribution in [1.82, 2.24) is 9.88 Å². The molecule has 39 heavy (non-hydrogen) atoms. The number of fused-ring (bicyclic) bond motifs is 1. The number of amides is 3. The number of benzene rings is 3. The molecule has 200 valence electrons. The minimum Gasteiger partial charge on any atom is -0.484 e. The molecule has 10 nitrogen and oxygen atoms in total. The summed E-state index contributed by atoms with van der Waals surface area (Å²) in [5, 5.41) is 6.17. The van der Waals surface area contributed by atoms with Gasteiger partial charge in [-0.2, -0.15) is 0 Å². The monoisotopic (exact) mass is 546 g/mol. The van der Waals surface area contributed by atoms with E-state index in [0.717, 1.165) is 21.4 Å². The summed E-state index contributed by atoms with van der Waals surface area (Å²) in [6, 6.07) is 20.7. The highest BCUT2D eigenvalue weighted by atomic mass is 32.2. The number of rotatable bonds is 9. The van der Waals surface area contributed by atoms with Gasteiger partial charge in [0.15, 0.2) is 6.61 Å². The van der Waals surface area contributed by atoms with Crippen molar-refractivity contribution in [2.75, 3.05) is 18.1 Å². The van der Waals surface area contributed by atoms with Crippen molar-refractivity contribution < 1.29 is 27.5 Å². The number of primary sulfonamides is 1. The maximum atomic E-state index is 13.5. The van der Waals surface area contributed by atoms with Gasteiger partial charge in [0.2, 0.25) is 15.9 Å². The quantitative estimate of drug-likeness (QED) is 0.309. The Balaban J connectivity index is 1.39. The van der Waals surface area contributed by atoms with Crippen molar-refractivity contribution in [3.63, 3.8) is 0 Å². The van der Waals surface area contributed by atoms with Crippen molar-refractivity contribution in [3.8, 4) is 5.75 Å². The second kappa shape index (κ2) is 10.7. The van der Waals surface area contributed by atoms with Gasteiger partial charge in [-0.05, 0) is 54.4 Å². The second-order valence-corrected chi connectivity index (χ2v) is 10.7. The molecule has 0 bridgehead atoms. The molecule has 1 aromatic heterocycles. The predicted molar refractivity (Wildman–Crippen MR) is 144 cm³/mol.